The Kier molecular flexibility index (Phi) is 6.68. The number of hydrazone groups is 1. The summed E-state index contributed by atoms with van der Waals surface area (Å²) in [5.41, 5.74) is 5.61. The van der Waals surface area contributed by atoms with E-state index in [0.717, 1.165) is 39.7 Å². The quantitative estimate of drug-likeness (QED) is 0.450. The molecule has 0 saturated carbocycles. The molecule has 0 radical (unpaired) electrons. The number of para-hydroxylation sites is 1. The van der Waals surface area contributed by atoms with Gasteiger partial charge >= 0.3 is 0 Å². The van der Waals surface area contributed by atoms with Crippen molar-refractivity contribution in [2.75, 3.05) is 38.2 Å². The molecule has 1 aromatic heterocycles. The number of thiazole rings is 1. The van der Waals surface area contributed by atoms with E-state index in [1.807, 2.05) is 49.4 Å². The van der Waals surface area contributed by atoms with Gasteiger partial charge in [0.1, 0.15) is 0 Å². The van der Waals surface area contributed by atoms with Crippen molar-refractivity contribution in [3.63, 3.8) is 0 Å². The smallest absolute Gasteiger partial charge is 0.259 e. The summed E-state index contributed by atoms with van der Waals surface area (Å²) in [6.07, 6.45) is 0. The Morgan fingerprint density at radius 3 is 2.67 bits per heavy atom. The van der Waals surface area contributed by atoms with Gasteiger partial charge < -0.3 is 10.1 Å². The minimum atomic E-state index is -0.206. The highest BCUT2D eigenvalue weighted by Crippen LogP contribution is 2.25. The van der Waals surface area contributed by atoms with Crippen molar-refractivity contribution in [2.24, 2.45) is 5.10 Å². The lowest BCUT2D eigenvalue weighted by Gasteiger charge is -2.34. The maximum Gasteiger partial charge on any atom is 0.259 e. The fraction of sp³-hybridized carbons (Fsp3) is 0.318. The van der Waals surface area contributed by atoms with Crippen LogP contribution in [0.2, 0.25) is 0 Å². The van der Waals surface area contributed by atoms with Crippen molar-refractivity contribution in [3.05, 3.63) is 60.2 Å². The second-order valence-electron chi connectivity index (χ2n) is 7.09. The average Bonchev–Trinajstić information content (AvgIpc) is 3.21. The van der Waals surface area contributed by atoms with Gasteiger partial charge in [0.15, 0.2) is 5.13 Å². The highest BCUT2D eigenvalue weighted by molar-refractivity contribution is 7.22. The number of anilines is 1. The molecule has 156 valence electrons. The second-order valence-corrected chi connectivity index (χ2v) is 8.12. The number of benzene rings is 2. The zero-order valence-corrected chi connectivity index (χ0v) is 17.7. The van der Waals surface area contributed by atoms with E-state index < -0.39 is 0 Å². The number of carbonyl (C=O) groups is 1. The number of ether oxygens (including phenoxy) is 1. The molecule has 1 fully saturated rings. The molecule has 1 aliphatic rings. The Hall–Kier alpha value is -2.81. The summed E-state index contributed by atoms with van der Waals surface area (Å²) in [5, 5.41) is 8.21. The summed E-state index contributed by atoms with van der Waals surface area (Å²) < 4.78 is 6.58. The summed E-state index contributed by atoms with van der Waals surface area (Å²) in [6, 6.07) is 18.1. The highest BCUT2D eigenvalue weighted by Gasteiger charge is 2.25. The molecule has 30 heavy (non-hydrogen) atoms. The number of hydrogen-bond acceptors (Lipinski definition) is 7. The predicted octanol–water partition coefficient (Wildman–Crippen LogP) is 3.27. The summed E-state index contributed by atoms with van der Waals surface area (Å²) in [6.45, 7) is 5.14. The van der Waals surface area contributed by atoms with Crippen LogP contribution in [0.5, 0.6) is 0 Å². The van der Waals surface area contributed by atoms with Gasteiger partial charge in [0, 0.05) is 13.1 Å². The molecule has 2 N–H and O–H groups in total. The Labute approximate surface area is 179 Å². The second kappa shape index (κ2) is 9.80. The molecule has 1 atom stereocenters. The van der Waals surface area contributed by atoms with Gasteiger partial charge in [-0.05, 0) is 24.6 Å². The van der Waals surface area contributed by atoms with Gasteiger partial charge in [-0.1, -0.05) is 53.8 Å². The Balaban J connectivity index is 1.39. The minimum Gasteiger partial charge on any atom is -0.379 e. The number of morpholine rings is 1. The molecular formula is C22H25N5O2S. The Morgan fingerprint density at radius 2 is 1.90 bits per heavy atom. The van der Waals surface area contributed by atoms with Crippen LogP contribution in [0.15, 0.2) is 59.7 Å². The van der Waals surface area contributed by atoms with Gasteiger partial charge in [0.2, 0.25) is 0 Å². The predicted molar refractivity (Wildman–Crippen MR) is 121 cm³/mol. The zero-order chi connectivity index (χ0) is 20.8. The third kappa shape index (κ3) is 5.02. The maximum atomic E-state index is 12.3. The van der Waals surface area contributed by atoms with Crippen LogP contribution in [0.4, 0.5) is 5.13 Å². The van der Waals surface area contributed by atoms with E-state index in [2.05, 4.69) is 37.9 Å². The van der Waals surface area contributed by atoms with Crippen molar-refractivity contribution < 1.29 is 9.53 Å². The Morgan fingerprint density at radius 1 is 1.17 bits per heavy atom. The fourth-order valence-electron chi connectivity index (χ4n) is 3.54. The van der Waals surface area contributed by atoms with Crippen LogP contribution in [0.1, 0.15) is 18.5 Å². The van der Waals surface area contributed by atoms with Gasteiger partial charge in [-0.3, -0.25) is 9.69 Å². The van der Waals surface area contributed by atoms with Crippen LogP contribution in [-0.2, 0) is 9.53 Å². The molecule has 0 aliphatic carbocycles. The van der Waals surface area contributed by atoms with E-state index in [4.69, 9.17) is 4.74 Å². The van der Waals surface area contributed by atoms with Crippen molar-refractivity contribution in [3.8, 4) is 0 Å². The SMILES string of the molecule is C/C(=N/NC(=O)CNc1nc2ccccc2s1)[C@@H](c1ccccc1)N1CCOCC1. The number of nitrogens with one attached hydrogen (secondary N) is 2. The van der Waals surface area contributed by atoms with Gasteiger partial charge in [-0.2, -0.15) is 5.10 Å². The first kappa shape index (κ1) is 20.5. The van der Waals surface area contributed by atoms with E-state index in [0.29, 0.717) is 13.2 Å². The molecule has 3 aromatic rings. The third-order valence-corrected chi connectivity index (χ3v) is 5.97. The van der Waals surface area contributed by atoms with E-state index >= 15 is 0 Å². The standard InChI is InChI=1S/C22H25N5O2S/c1-16(21(17-7-3-2-4-8-17)27-11-13-29-14-12-27)25-26-20(28)15-23-22-24-18-9-5-6-10-19(18)30-22/h2-10,21H,11-15H2,1H3,(H,23,24)(H,26,28)/b25-16-/t21-/m0/s1. The Bertz CT molecular complexity index is 982. The molecular weight excluding hydrogens is 398 g/mol. The molecule has 2 aromatic carbocycles. The molecule has 7 nitrogen and oxygen atoms in total. The van der Waals surface area contributed by atoms with Crippen LogP contribution < -0.4 is 10.7 Å². The average molecular weight is 424 g/mol. The number of amides is 1. The molecule has 1 amide bonds. The molecule has 0 spiro atoms. The lowest BCUT2D eigenvalue weighted by Crippen LogP contribution is -2.42. The van der Waals surface area contributed by atoms with Gasteiger partial charge in [-0.15, -0.1) is 0 Å². The van der Waals surface area contributed by atoms with Crippen LogP contribution in [0.25, 0.3) is 10.2 Å². The van der Waals surface area contributed by atoms with Crippen LogP contribution in [0, 0.1) is 0 Å². The van der Waals surface area contributed by atoms with Gasteiger partial charge in [-0.25, -0.2) is 10.4 Å². The third-order valence-electron chi connectivity index (χ3n) is 4.97. The number of hydrogen-bond donors (Lipinski definition) is 2. The van der Waals surface area contributed by atoms with E-state index in [1.165, 1.54) is 11.3 Å². The molecule has 0 unspecified atom stereocenters. The summed E-state index contributed by atoms with van der Waals surface area (Å²) in [5.74, 6) is -0.206. The van der Waals surface area contributed by atoms with Crippen molar-refractivity contribution >= 4 is 38.3 Å². The van der Waals surface area contributed by atoms with Crippen LogP contribution in [0.3, 0.4) is 0 Å². The molecule has 0 bridgehead atoms. The monoisotopic (exact) mass is 423 g/mol. The molecule has 4 rings (SSSR count). The molecule has 8 heteroatoms. The zero-order valence-electron chi connectivity index (χ0n) is 16.9. The lowest BCUT2D eigenvalue weighted by molar-refractivity contribution is -0.119. The normalized spacial score (nSPS) is 16.4. The van der Waals surface area contributed by atoms with E-state index in [-0.39, 0.29) is 18.5 Å². The van der Waals surface area contributed by atoms with Crippen molar-refractivity contribution in [2.45, 2.75) is 13.0 Å². The molecule has 2 heterocycles. The number of carbonyl (C=O) groups excluding carboxylic acids is 1. The van der Waals surface area contributed by atoms with E-state index in [1.54, 1.807) is 0 Å². The van der Waals surface area contributed by atoms with E-state index in [9.17, 15) is 4.79 Å². The number of rotatable bonds is 7. The summed E-state index contributed by atoms with van der Waals surface area (Å²) >= 11 is 1.53. The fourth-order valence-corrected chi connectivity index (χ4v) is 4.40. The van der Waals surface area contributed by atoms with Crippen molar-refractivity contribution in [1.29, 1.82) is 0 Å². The first-order valence-corrected chi connectivity index (χ1v) is 10.8. The topological polar surface area (TPSA) is 78.8 Å². The molecule has 1 aliphatic heterocycles. The number of aromatic nitrogens is 1. The van der Waals surface area contributed by atoms with Gasteiger partial charge in [0.25, 0.3) is 5.91 Å². The highest BCUT2D eigenvalue weighted by atomic mass is 32.1. The van der Waals surface area contributed by atoms with Crippen LogP contribution in [-0.4, -0.2) is 54.4 Å². The first-order chi connectivity index (χ1) is 14.7. The number of fused-ring (bicyclic) bond motifs is 1. The molecule has 1 saturated heterocycles. The van der Waals surface area contributed by atoms with Crippen molar-refractivity contribution in [1.82, 2.24) is 15.3 Å². The minimum absolute atomic E-state index is 0.00706. The summed E-state index contributed by atoms with van der Waals surface area (Å²) in [7, 11) is 0. The summed E-state index contributed by atoms with van der Waals surface area (Å²) in [4.78, 5) is 19.2. The van der Waals surface area contributed by atoms with Gasteiger partial charge in [0.05, 0.1) is 41.7 Å². The van der Waals surface area contributed by atoms with Crippen LogP contribution >= 0.6 is 11.3 Å². The first-order valence-electron chi connectivity index (χ1n) is 10.00. The number of nitrogens with zero attached hydrogens (tertiary/aromatic N) is 3. The lowest BCUT2D eigenvalue weighted by atomic mass is 10.0. The largest absolute Gasteiger partial charge is 0.379 e. The maximum absolute atomic E-state index is 12.3.